The minimum atomic E-state index is -3.35. The molecule has 24 heavy (non-hydrogen) atoms. The van der Waals surface area contributed by atoms with Crippen LogP contribution >= 0.6 is 0 Å². The Morgan fingerprint density at radius 1 is 1.21 bits per heavy atom. The molecule has 0 aliphatic heterocycles. The highest BCUT2D eigenvalue weighted by atomic mass is 32.2. The number of aromatic nitrogens is 1. The van der Waals surface area contributed by atoms with E-state index in [0.717, 1.165) is 17.6 Å². The fourth-order valence-electron chi connectivity index (χ4n) is 2.07. The van der Waals surface area contributed by atoms with Crippen LogP contribution in [0.2, 0.25) is 0 Å². The predicted molar refractivity (Wildman–Crippen MR) is 91.1 cm³/mol. The molecule has 0 unspecified atom stereocenters. The van der Waals surface area contributed by atoms with Crippen molar-refractivity contribution in [3.05, 3.63) is 48.2 Å². The average molecular weight is 349 g/mol. The SMILES string of the molecule is COc1ccccc1CCNC(=O)Nc1ccc(S(C)(=O)=O)nc1. The van der Waals surface area contributed by atoms with E-state index < -0.39 is 9.84 Å². The summed E-state index contributed by atoms with van der Waals surface area (Å²) in [5.74, 6) is 0.778. The first-order chi connectivity index (χ1) is 11.4. The maximum atomic E-state index is 11.8. The summed E-state index contributed by atoms with van der Waals surface area (Å²) in [5.41, 5.74) is 1.41. The highest BCUT2D eigenvalue weighted by Gasteiger charge is 2.09. The van der Waals surface area contributed by atoms with Crippen LogP contribution in [0, 0.1) is 0 Å². The number of ether oxygens (including phenoxy) is 1. The summed E-state index contributed by atoms with van der Waals surface area (Å²) in [6.45, 7) is 0.432. The van der Waals surface area contributed by atoms with Gasteiger partial charge in [-0.15, -0.1) is 0 Å². The van der Waals surface area contributed by atoms with Gasteiger partial charge < -0.3 is 15.4 Å². The van der Waals surface area contributed by atoms with Crippen molar-refractivity contribution in [2.45, 2.75) is 11.4 Å². The molecule has 7 nitrogen and oxygen atoms in total. The first-order valence-electron chi connectivity index (χ1n) is 7.23. The van der Waals surface area contributed by atoms with Crippen LogP contribution in [0.25, 0.3) is 0 Å². The Bertz CT molecular complexity index is 804. The zero-order valence-electron chi connectivity index (χ0n) is 13.4. The highest BCUT2D eigenvalue weighted by Crippen LogP contribution is 2.17. The Balaban J connectivity index is 1.85. The number of rotatable bonds is 6. The van der Waals surface area contributed by atoms with E-state index in [1.54, 1.807) is 7.11 Å². The number of nitrogens with zero attached hydrogens (tertiary/aromatic N) is 1. The van der Waals surface area contributed by atoms with Gasteiger partial charge in [-0.3, -0.25) is 0 Å². The van der Waals surface area contributed by atoms with E-state index >= 15 is 0 Å². The summed E-state index contributed by atoms with van der Waals surface area (Å²) >= 11 is 0. The van der Waals surface area contributed by atoms with Gasteiger partial charge in [-0.25, -0.2) is 18.2 Å². The number of carbonyl (C=O) groups is 1. The van der Waals surface area contributed by atoms with Crippen LogP contribution in [-0.4, -0.2) is 39.3 Å². The molecule has 8 heteroatoms. The third-order valence-corrected chi connectivity index (χ3v) is 4.25. The minimum Gasteiger partial charge on any atom is -0.496 e. The number of pyridine rings is 1. The Morgan fingerprint density at radius 3 is 2.58 bits per heavy atom. The third kappa shape index (κ3) is 4.95. The number of hydrogen-bond donors (Lipinski definition) is 2. The molecule has 0 radical (unpaired) electrons. The second kappa shape index (κ2) is 7.78. The fourth-order valence-corrected chi connectivity index (χ4v) is 2.63. The molecule has 1 aromatic heterocycles. The molecule has 1 aromatic carbocycles. The molecule has 2 N–H and O–H groups in total. The van der Waals surface area contributed by atoms with Crippen LogP contribution in [0.3, 0.4) is 0 Å². The first-order valence-corrected chi connectivity index (χ1v) is 9.12. The van der Waals surface area contributed by atoms with Crippen molar-refractivity contribution in [2.24, 2.45) is 0 Å². The van der Waals surface area contributed by atoms with E-state index in [1.165, 1.54) is 18.3 Å². The van der Waals surface area contributed by atoms with Gasteiger partial charge in [0.2, 0.25) is 0 Å². The minimum absolute atomic E-state index is 0.0374. The summed E-state index contributed by atoms with van der Waals surface area (Å²) in [5, 5.41) is 5.28. The molecule has 0 saturated heterocycles. The summed E-state index contributed by atoms with van der Waals surface area (Å²) in [6, 6.07) is 10.0. The topological polar surface area (TPSA) is 97.4 Å². The van der Waals surface area contributed by atoms with Crippen molar-refractivity contribution in [3.63, 3.8) is 0 Å². The molecule has 2 rings (SSSR count). The molecule has 128 valence electrons. The molecule has 0 atom stereocenters. The molecule has 1 heterocycles. The lowest BCUT2D eigenvalue weighted by Gasteiger charge is -2.10. The third-order valence-electron chi connectivity index (χ3n) is 3.25. The highest BCUT2D eigenvalue weighted by molar-refractivity contribution is 7.90. The lowest BCUT2D eigenvalue weighted by atomic mass is 10.1. The molecule has 0 saturated carbocycles. The van der Waals surface area contributed by atoms with Crippen LogP contribution in [0.15, 0.2) is 47.6 Å². The van der Waals surface area contributed by atoms with Crippen LogP contribution in [0.1, 0.15) is 5.56 Å². The smallest absolute Gasteiger partial charge is 0.319 e. The van der Waals surface area contributed by atoms with Crippen LogP contribution < -0.4 is 15.4 Å². The quantitative estimate of drug-likeness (QED) is 0.829. The molecule has 0 fully saturated rings. The summed E-state index contributed by atoms with van der Waals surface area (Å²) in [4.78, 5) is 15.6. The number of anilines is 1. The van der Waals surface area contributed by atoms with Gasteiger partial charge in [0.1, 0.15) is 5.75 Å². The summed E-state index contributed by atoms with van der Waals surface area (Å²) in [6.07, 6.45) is 3.01. The number of carbonyl (C=O) groups excluding carboxylic acids is 1. The monoisotopic (exact) mass is 349 g/mol. The standard InChI is InChI=1S/C16H19N3O4S/c1-23-14-6-4-3-5-12(14)9-10-17-16(20)19-13-7-8-15(18-11-13)24(2,21)22/h3-8,11H,9-10H2,1-2H3,(H2,17,19,20). The maximum Gasteiger partial charge on any atom is 0.319 e. The van der Waals surface area contributed by atoms with E-state index in [0.29, 0.717) is 18.7 Å². The van der Waals surface area contributed by atoms with Crippen molar-refractivity contribution in [3.8, 4) is 5.75 Å². The van der Waals surface area contributed by atoms with E-state index in [4.69, 9.17) is 4.74 Å². The number of urea groups is 1. The lowest BCUT2D eigenvalue weighted by molar-refractivity contribution is 0.252. The van der Waals surface area contributed by atoms with Gasteiger partial charge in [-0.1, -0.05) is 18.2 Å². The second-order valence-electron chi connectivity index (χ2n) is 5.10. The zero-order valence-corrected chi connectivity index (χ0v) is 14.3. The van der Waals surface area contributed by atoms with E-state index in [1.807, 2.05) is 24.3 Å². The van der Waals surface area contributed by atoms with Gasteiger partial charge in [-0.05, 0) is 30.2 Å². The first kappa shape index (κ1) is 17.7. The molecule has 0 aliphatic carbocycles. The Kier molecular flexibility index (Phi) is 5.75. The van der Waals surface area contributed by atoms with E-state index in [-0.39, 0.29) is 11.1 Å². The summed E-state index contributed by atoms with van der Waals surface area (Å²) in [7, 11) is -1.75. The fraction of sp³-hybridized carbons (Fsp3) is 0.250. The van der Waals surface area contributed by atoms with Gasteiger partial charge in [0.15, 0.2) is 14.9 Å². The van der Waals surface area contributed by atoms with Crippen LogP contribution in [0.5, 0.6) is 5.75 Å². The van der Waals surface area contributed by atoms with Gasteiger partial charge in [-0.2, -0.15) is 0 Å². The van der Waals surface area contributed by atoms with Gasteiger partial charge >= 0.3 is 6.03 Å². The van der Waals surface area contributed by atoms with E-state index in [2.05, 4.69) is 15.6 Å². The van der Waals surface area contributed by atoms with Crippen molar-refractivity contribution in [2.75, 3.05) is 25.2 Å². The number of methoxy groups -OCH3 is 1. The number of benzene rings is 1. The molecule has 2 aromatic rings. The molecule has 2 amide bonds. The van der Waals surface area contributed by atoms with E-state index in [9.17, 15) is 13.2 Å². The van der Waals surface area contributed by atoms with Gasteiger partial charge in [0.05, 0.1) is 19.0 Å². The number of amides is 2. The predicted octanol–water partition coefficient (Wildman–Crippen LogP) is 1.86. The summed E-state index contributed by atoms with van der Waals surface area (Å²) < 4.78 is 27.9. The molecular weight excluding hydrogens is 330 g/mol. The number of nitrogens with one attached hydrogen (secondary N) is 2. The second-order valence-corrected chi connectivity index (χ2v) is 7.06. The molecule has 0 spiro atoms. The maximum absolute atomic E-state index is 11.8. The molecular formula is C16H19N3O4S. The van der Waals surface area contributed by atoms with Crippen molar-refractivity contribution < 1.29 is 17.9 Å². The lowest BCUT2D eigenvalue weighted by Crippen LogP contribution is -2.30. The van der Waals surface area contributed by atoms with Crippen LogP contribution in [-0.2, 0) is 16.3 Å². The van der Waals surface area contributed by atoms with Gasteiger partial charge in [0.25, 0.3) is 0 Å². The Morgan fingerprint density at radius 2 is 1.96 bits per heavy atom. The van der Waals surface area contributed by atoms with Crippen LogP contribution in [0.4, 0.5) is 10.5 Å². The number of sulfone groups is 1. The Labute approximate surface area is 141 Å². The molecule has 0 aliphatic rings. The van der Waals surface area contributed by atoms with Crippen molar-refractivity contribution in [1.29, 1.82) is 0 Å². The van der Waals surface area contributed by atoms with Crippen molar-refractivity contribution in [1.82, 2.24) is 10.3 Å². The average Bonchev–Trinajstić information content (AvgIpc) is 2.55. The largest absolute Gasteiger partial charge is 0.496 e. The zero-order chi connectivity index (χ0) is 17.6. The Hall–Kier alpha value is -2.61. The molecule has 0 bridgehead atoms. The van der Waals surface area contributed by atoms with Gasteiger partial charge in [0, 0.05) is 12.8 Å². The normalized spacial score (nSPS) is 10.9. The number of para-hydroxylation sites is 1. The number of hydrogen-bond acceptors (Lipinski definition) is 5. The van der Waals surface area contributed by atoms with Crippen molar-refractivity contribution >= 4 is 21.6 Å².